The lowest BCUT2D eigenvalue weighted by molar-refractivity contribution is 0.0672. The molecule has 0 fully saturated rings. The second kappa shape index (κ2) is 13.2. The molecule has 278 valence electrons. The Kier molecular flexibility index (Phi) is 9.07. The molecule has 7 nitrogen and oxygen atoms in total. The van der Waals surface area contributed by atoms with Crippen molar-refractivity contribution < 1.29 is 24.3 Å². The molecule has 54 heavy (non-hydrogen) atoms. The van der Waals surface area contributed by atoms with Gasteiger partial charge in [0.2, 0.25) is 0 Å². The first kappa shape index (κ1) is 37.0. The first-order valence-electron chi connectivity index (χ1n) is 18.9. The molecule has 4 aliphatic rings. The Morgan fingerprint density at radius 1 is 0.519 bits per heavy atom. The number of hydrogen-bond acceptors (Lipinski definition) is 4. The molecule has 0 unspecified atom stereocenters. The van der Waals surface area contributed by atoms with Crippen LogP contribution in [-0.2, 0) is 0 Å². The molecule has 3 aromatic carbocycles. The molecule has 0 saturated heterocycles. The lowest BCUT2D eigenvalue weighted by atomic mass is 9.58. The lowest BCUT2D eigenvalue weighted by Crippen LogP contribution is -2.49. The summed E-state index contributed by atoms with van der Waals surface area (Å²) in [5.74, 6) is -0.975. The molecule has 2 aliphatic heterocycles. The number of carbonyl (C=O) groups excluding carboxylic acids is 3. The molecule has 3 aromatic rings. The van der Waals surface area contributed by atoms with E-state index in [2.05, 4.69) is 65.8 Å². The molecule has 1 N–H and O–H groups in total. The topological polar surface area (TPSA) is 95.0 Å². The van der Waals surface area contributed by atoms with Crippen LogP contribution in [-0.4, -0.2) is 64.7 Å². The van der Waals surface area contributed by atoms with Gasteiger partial charge in [-0.05, 0) is 78.4 Å². The van der Waals surface area contributed by atoms with Crippen LogP contribution in [0, 0.1) is 21.7 Å². The number of rotatable bonds is 6. The van der Waals surface area contributed by atoms with E-state index >= 15 is 0 Å². The van der Waals surface area contributed by atoms with E-state index in [9.17, 15) is 24.3 Å². The van der Waals surface area contributed by atoms with Gasteiger partial charge in [-0.1, -0.05) is 113 Å². The van der Waals surface area contributed by atoms with Gasteiger partial charge in [0, 0.05) is 64.5 Å². The molecule has 0 radical (unpaired) electrons. The Morgan fingerprint density at radius 2 is 0.870 bits per heavy atom. The highest BCUT2D eigenvalue weighted by molar-refractivity contribution is 5.98. The summed E-state index contributed by atoms with van der Waals surface area (Å²) in [6.45, 7) is 17.2. The number of ketones is 1. The molecule has 0 bridgehead atoms. The van der Waals surface area contributed by atoms with Crippen molar-refractivity contribution in [3.05, 3.63) is 142 Å². The number of carbonyl (C=O) groups is 4. The molecule has 0 aromatic heterocycles. The van der Waals surface area contributed by atoms with Crippen molar-refractivity contribution in [2.75, 3.05) is 26.2 Å². The summed E-state index contributed by atoms with van der Waals surface area (Å²) in [6.07, 6.45) is 10.6. The zero-order valence-corrected chi connectivity index (χ0v) is 32.5. The summed E-state index contributed by atoms with van der Waals surface area (Å²) >= 11 is 0. The summed E-state index contributed by atoms with van der Waals surface area (Å²) in [6, 6.07) is 22.1. The summed E-state index contributed by atoms with van der Waals surface area (Å²) in [5, 5.41) is 9.35. The summed E-state index contributed by atoms with van der Waals surface area (Å²) in [5.41, 5.74) is 8.32. The Morgan fingerprint density at radius 3 is 1.22 bits per heavy atom. The molecule has 7 rings (SSSR count). The molecule has 2 heterocycles. The predicted molar refractivity (Wildman–Crippen MR) is 213 cm³/mol. The van der Waals surface area contributed by atoms with Crippen LogP contribution in [0.3, 0.4) is 0 Å². The van der Waals surface area contributed by atoms with Crippen LogP contribution in [0.25, 0.3) is 11.1 Å². The summed E-state index contributed by atoms with van der Waals surface area (Å²) < 4.78 is 0. The molecule has 2 aliphatic carbocycles. The normalized spacial score (nSPS) is 24.2. The van der Waals surface area contributed by atoms with Crippen molar-refractivity contribution in [2.45, 2.75) is 61.3 Å². The number of allylic oxidation sites excluding steroid dienone is 4. The van der Waals surface area contributed by atoms with Gasteiger partial charge in [-0.25, -0.2) is 4.79 Å². The van der Waals surface area contributed by atoms with Gasteiger partial charge in [0.15, 0.2) is 5.78 Å². The van der Waals surface area contributed by atoms with Gasteiger partial charge in [-0.2, -0.15) is 0 Å². The highest BCUT2D eigenvalue weighted by Crippen LogP contribution is 2.56. The predicted octanol–water partition coefficient (Wildman–Crippen LogP) is 9.39. The van der Waals surface area contributed by atoms with Crippen molar-refractivity contribution in [3.8, 4) is 0 Å². The van der Waals surface area contributed by atoms with E-state index in [1.807, 2.05) is 46.2 Å². The van der Waals surface area contributed by atoms with Gasteiger partial charge in [-0.3, -0.25) is 14.4 Å². The maximum Gasteiger partial charge on any atom is 0.335 e. The molecule has 7 heteroatoms. The first-order valence-corrected chi connectivity index (χ1v) is 18.9. The third kappa shape index (κ3) is 6.27. The standard InChI is InChI=1S/C47H50N2O5/c1-30(50)31-8-10-32(11-9-31)37-20-24-46(6)28-48(26-22-39(46)44(37,2)3)41(51)34-14-16-35(17-15-34)42(52)49-27-23-40-45(4,5)38(21-25-47(40,7)29-49)33-12-18-36(19-13-33)43(53)54/h8-23H,24-29H2,1-7H3,(H,53,54)/t46-,47-/m1/s1. The average molecular weight is 723 g/mol. The minimum absolute atomic E-state index is 0.0411. The van der Waals surface area contributed by atoms with E-state index in [1.54, 1.807) is 43.3 Å². The van der Waals surface area contributed by atoms with E-state index in [1.165, 1.54) is 22.3 Å². The SMILES string of the molecule is CC(=O)c1ccc(C2=CC[C@]3(C)CN(C(=O)c4ccc(C(=O)N5CC=C6C(C)(C)C(c7ccc(C(=O)O)cc7)=CC[C@]6(C)C5)cc4)CC=C3C2(C)C)cc1. The molecule has 2 atom stereocenters. The van der Waals surface area contributed by atoms with Crippen molar-refractivity contribution in [1.82, 2.24) is 9.80 Å². The smallest absolute Gasteiger partial charge is 0.335 e. The fourth-order valence-electron chi connectivity index (χ4n) is 9.93. The molecular weight excluding hydrogens is 673 g/mol. The van der Waals surface area contributed by atoms with Gasteiger partial charge >= 0.3 is 5.97 Å². The Labute approximate surface area is 318 Å². The zero-order chi connectivity index (χ0) is 38.8. The number of hydrogen-bond donors (Lipinski definition) is 1. The van der Waals surface area contributed by atoms with Crippen molar-refractivity contribution in [1.29, 1.82) is 0 Å². The molecule has 0 spiro atoms. The fraction of sp³-hybridized carbons (Fsp3) is 0.362. The maximum atomic E-state index is 13.9. The largest absolute Gasteiger partial charge is 0.478 e. The lowest BCUT2D eigenvalue weighted by Gasteiger charge is -2.50. The monoisotopic (exact) mass is 722 g/mol. The van der Waals surface area contributed by atoms with Crippen LogP contribution in [0.4, 0.5) is 0 Å². The van der Waals surface area contributed by atoms with Gasteiger partial charge in [0.1, 0.15) is 0 Å². The van der Waals surface area contributed by atoms with E-state index < -0.39 is 5.97 Å². The average Bonchev–Trinajstić information content (AvgIpc) is 3.13. The number of nitrogens with zero attached hydrogens (tertiary/aromatic N) is 2. The Bertz CT molecular complexity index is 2030. The molecular formula is C47H50N2O5. The van der Waals surface area contributed by atoms with Gasteiger partial charge < -0.3 is 14.9 Å². The van der Waals surface area contributed by atoms with Crippen LogP contribution in [0.15, 0.2) is 108 Å². The number of amides is 2. The Hall–Kier alpha value is -5.30. The first-order chi connectivity index (χ1) is 25.4. The quantitative estimate of drug-likeness (QED) is 0.202. The second-order valence-electron chi connectivity index (χ2n) is 17.2. The van der Waals surface area contributed by atoms with Crippen molar-refractivity contribution in [3.63, 3.8) is 0 Å². The summed E-state index contributed by atoms with van der Waals surface area (Å²) in [7, 11) is 0. The third-order valence-corrected chi connectivity index (χ3v) is 12.6. The number of carboxylic acid groups (broad SMARTS) is 1. The van der Waals surface area contributed by atoms with E-state index in [4.69, 9.17) is 0 Å². The van der Waals surface area contributed by atoms with Crippen LogP contribution in [0.2, 0.25) is 0 Å². The van der Waals surface area contributed by atoms with Crippen LogP contribution in [0.1, 0.15) is 114 Å². The van der Waals surface area contributed by atoms with Gasteiger partial charge in [-0.15, -0.1) is 0 Å². The highest BCUT2D eigenvalue weighted by Gasteiger charge is 2.48. The highest BCUT2D eigenvalue weighted by atomic mass is 16.4. The third-order valence-electron chi connectivity index (χ3n) is 12.6. The van der Waals surface area contributed by atoms with E-state index in [-0.39, 0.29) is 44.8 Å². The van der Waals surface area contributed by atoms with Crippen molar-refractivity contribution in [2.24, 2.45) is 21.7 Å². The number of benzene rings is 3. The molecule has 0 saturated carbocycles. The number of aromatic carboxylic acids is 1. The number of carboxylic acids is 1. The van der Waals surface area contributed by atoms with E-state index in [0.29, 0.717) is 42.9 Å². The Balaban J connectivity index is 1.03. The molecule has 2 amide bonds. The van der Waals surface area contributed by atoms with Gasteiger partial charge in [0.25, 0.3) is 11.8 Å². The minimum atomic E-state index is -0.938. The minimum Gasteiger partial charge on any atom is -0.478 e. The number of fused-ring (bicyclic) bond motifs is 2. The van der Waals surface area contributed by atoms with Crippen LogP contribution < -0.4 is 0 Å². The maximum absolute atomic E-state index is 13.9. The van der Waals surface area contributed by atoms with Crippen molar-refractivity contribution >= 4 is 34.7 Å². The number of Topliss-reactive ketones (excluding diaryl/α,β-unsaturated/α-hetero) is 1. The van der Waals surface area contributed by atoms with Crippen LogP contribution in [0.5, 0.6) is 0 Å². The fourth-order valence-corrected chi connectivity index (χ4v) is 9.93. The zero-order valence-electron chi connectivity index (χ0n) is 32.5. The van der Waals surface area contributed by atoms with Crippen LogP contribution >= 0.6 is 0 Å². The van der Waals surface area contributed by atoms with E-state index in [0.717, 1.165) is 24.0 Å². The summed E-state index contributed by atoms with van der Waals surface area (Å²) in [4.78, 5) is 54.8. The van der Waals surface area contributed by atoms with Gasteiger partial charge in [0.05, 0.1) is 5.56 Å². The second-order valence-corrected chi connectivity index (χ2v) is 17.2.